The lowest BCUT2D eigenvalue weighted by Gasteiger charge is -2.37. The zero-order valence-electron chi connectivity index (χ0n) is 19.2. The predicted molar refractivity (Wildman–Crippen MR) is 123 cm³/mol. The van der Waals surface area contributed by atoms with Crippen LogP contribution in [0.1, 0.15) is 56.8 Å². The molecule has 2 atom stereocenters. The van der Waals surface area contributed by atoms with Crippen molar-refractivity contribution in [1.29, 1.82) is 0 Å². The smallest absolute Gasteiger partial charge is 0.268 e. The van der Waals surface area contributed by atoms with Crippen LogP contribution in [0, 0.1) is 5.92 Å². The van der Waals surface area contributed by atoms with E-state index < -0.39 is 11.5 Å². The molecule has 2 aromatic rings. The second-order valence-corrected chi connectivity index (χ2v) is 9.34. The summed E-state index contributed by atoms with van der Waals surface area (Å²) in [5.74, 6) is -0.130. The Labute approximate surface area is 188 Å². The molecule has 2 N–H and O–H groups in total. The first-order chi connectivity index (χ1) is 15.4. The highest BCUT2D eigenvalue weighted by Crippen LogP contribution is 2.27. The Bertz CT molecular complexity index is 1030. The number of nitrogens with zero attached hydrogens (tertiary/aromatic N) is 3. The molecule has 1 amide bonds. The van der Waals surface area contributed by atoms with Gasteiger partial charge in [-0.15, -0.1) is 0 Å². The molecule has 0 aromatic carbocycles. The van der Waals surface area contributed by atoms with Gasteiger partial charge in [0.15, 0.2) is 0 Å². The minimum atomic E-state index is -0.500. The normalized spacial score (nSPS) is 26.8. The summed E-state index contributed by atoms with van der Waals surface area (Å²) in [5.41, 5.74) is -0.288. The molecule has 4 rings (SSSR count). The van der Waals surface area contributed by atoms with Gasteiger partial charge in [0.2, 0.25) is 0 Å². The summed E-state index contributed by atoms with van der Waals surface area (Å²) >= 11 is 0. The van der Waals surface area contributed by atoms with Gasteiger partial charge in [-0.25, -0.2) is 4.98 Å². The maximum Gasteiger partial charge on any atom is 0.268 e. The van der Waals surface area contributed by atoms with E-state index >= 15 is 0 Å². The van der Waals surface area contributed by atoms with E-state index in [2.05, 4.69) is 36.0 Å². The molecule has 3 heterocycles. The maximum atomic E-state index is 13.4. The van der Waals surface area contributed by atoms with E-state index in [1.807, 2.05) is 0 Å². The van der Waals surface area contributed by atoms with Crippen molar-refractivity contribution in [3.63, 3.8) is 0 Å². The van der Waals surface area contributed by atoms with Crippen molar-refractivity contribution in [3.05, 3.63) is 34.2 Å². The van der Waals surface area contributed by atoms with Gasteiger partial charge in [0.1, 0.15) is 17.0 Å². The summed E-state index contributed by atoms with van der Waals surface area (Å²) in [5, 5.41) is 14.3. The first-order valence-corrected chi connectivity index (χ1v) is 11.7. The minimum Gasteiger partial charge on any atom is -0.506 e. The number of pyridine rings is 2. The van der Waals surface area contributed by atoms with Crippen molar-refractivity contribution in [2.45, 2.75) is 71.2 Å². The summed E-state index contributed by atoms with van der Waals surface area (Å²) in [6.45, 7) is 8.84. The third-order valence-corrected chi connectivity index (χ3v) is 7.20. The van der Waals surface area contributed by atoms with E-state index in [4.69, 9.17) is 4.74 Å². The van der Waals surface area contributed by atoms with E-state index in [1.54, 1.807) is 18.3 Å². The molecule has 2 fully saturated rings. The van der Waals surface area contributed by atoms with Gasteiger partial charge in [0.05, 0.1) is 18.1 Å². The molecular formula is C24H34N4O4. The minimum absolute atomic E-state index is 0.0335. The molecule has 1 saturated heterocycles. The Balaban J connectivity index is 1.63. The van der Waals surface area contributed by atoms with Gasteiger partial charge in [-0.05, 0) is 57.6 Å². The predicted octanol–water partition coefficient (Wildman–Crippen LogP) is 2.52. The molecule has 1 aliphatic heterocycles. The number of morpholine rings is 1. The zero-order valence-corrected chi connectivity index (χ0v) is 19.2. The average Bonchev–Trinajstić information content (AvgIpc) is 2.78. The largest absolute Gasteiger partial charge is 0.506 e. The third-order valence-electron chi connectivity index (χ3n) is 7.20. The fraction of sp³-hybridized carbons (Fsp3) is 0.625. The SMILES string of the molecule is CC1CCC(NC(=O)c2c(O)c3cccnc3n(CCN3CCO[C@H](C)[C@H]3C)c2=O)CC1. The molecule has 0 bridgehead atoms. The maximum absolute atomic E-state index is 13.4. The zero-order chi connectivity index (χ0) is 22.8. The van der Waals surface area contributed by atoms with Crippen LogP contribution in [0.3, 0.4) is 0 Å². The molecule has 2 aliphatic rings. The van der Waals surface area contributed by atoms with Gasteiger partial charge >= 0.3 is 0 Å². The van der Waals surface area contributed by atoms with Crippen molar-refractivity contribution in [2.75, 3.05) is 19.7 Å². The van der Waals surface area contributed by atoms with E-state index in [0.29, 0.717) is 36.6 Å². The lowest BCUT2D eigenvalue weighted by Crippen LogP contribution is -2.50. The lowest BCUT2D eigenvalue weighted by molar-refractivity contribution is -0.0559. The van der Waals surface area contributed by atoms with Crippen LogP contribution in [-0.4, -0.2) is 63.3 Å². The van der Waals surface area contributed by atoms with Crippen LogP contribution in [0.2, 0.25) is 0 Å². The first kappa shape index (κ1) is 22.7. The number of carbonyl (C=O) groups is 1. The molecule has 0 spiro atoms. The highest BCUT2D eigenvalue weighted by molar-refractivity contribution is 6.01. The summed E-state index contributed by atoms with van der Waals surface area (Å²) in [6, 6.07) is 3.66. The van der Waals surface area contributed by atoms with Crippen LogP contribution < -0.4 is 10.9 Å². The van der Waals surface area contributed by atoms with Crippen LogP contribution in [0.4, 0.5) is 0 Å². The topological polar surface area (TPSA) is 96.7 Å². The van der Waals surface area contributed by atoms with Gasteiger partial charge in [-0.2, -0.15) is 0 Å². The highest BCUT2D eigenvalue weighted by Gasteiger charge is 2.28. The third kappa shape index (κ3) is 4.52. The quantitative estimate of drug-likeness (QED) is 0.739. The van der Waals surface area contributed by atoms with Crippen molar-refractivity contribution in [1.82, 2.24) is 19.8 Å². The number of aromatic hydroxyl groups is 1. The summed E-state index contributed by atoms with van der Waals surface area (Å²) in [4.78, 5) is 33.2. The van der Waals surface area contributed by atoms with Gasteiger partial charge in [-0.1, -0.05) is 6.92 Å². The van der Waals surface area contributed by atoms with E-state index in [9.17, 15) is 14.7 Å². The Morgan fingerprint density at radius 3 is 2.72 bits per heavy atom. The van der Waals surface area contributed by atoms with Crippen LogP contribution >= 0.6 is 0 Å². The summed E-state index contributed by atoms with van der Waals surface area (Å²) in [6.07, 6.45) is 5.61. The van der Waals surface area contributed by atoms with Crippen molar-refractivity contribution in [3.8, 4) is 5.75 Å². The number of fused-ring (bicyclic) bond motifs is 1. The summed E-state index contributed by atoms with van der Waals surface area (Å²) in [7, 11) is 0. The summed E-state index contributed by atoms with van der Waals surface area (Å²) < 4.78 is 7.23. The number of aromatic nitrogens is 2. The fourth-order valence-corrected chi connectivity index (χ4v) is 4.88. The Hall–Kier alpha value is -2.45. The number of rotatable bonds is 5. The molecule has 8 heteroatoms. The van der Waals surface area contributed by atoms with Crippen LogP contribution in [0.15, 0.2) is 23.1 Å². The first-order valence-electron chi connectivity index (χ1n) is 11.7. The Morgan fingerprint density at radius 1 is 1.22 bits per heavy atom. The van der Waals surface area contributed by atoms with Crippen molar-refractivity contribution in [2.24, 2.45) is 5.92 Å². The van der Waals surface area contributed by atoms with Gasteiger partial charge in [-0.3, -0.25) is 19.1 Å². The van der Waals surface area contributed by atoms with Crippen LogP contribution in [0.5, 0.6) is 5.75 Å². The standard InChI is InChI=1S/C24H34N4O4/c1-15-6-8-18(9-7-15)26-23(30)20-21(29)19-5-4-10-25-22(19)28(24(20)31)12-11-27-13-14-32-17(3)16(27)2/h4-5,10,15-18,29H,6-9,11-14H2,1-3H3,(H,26,30)/t15?,16-,17-,18?/m1/s1. The molecular weight excluding hydrogens is 408 g/mol. The molecule has 174 valence electrons. The molecule has 2 aromatic heterocycles. The molecule has 8 nitrogen and oxygen atoms in total. The molecule has 1 aliphatic carbocycles. The molecule has 32 heavy (non-hydrogen) atoms. The number of hydrogen-bond donors (Lipinski definition) is 2. The van der Waals surface area contributed by atoms with Crippen molar-refractivity contribution >= 4 is 16.9 Å². The van der Waals surface area contributed by atoms with Crippen LogP contribution in [-0.2, 0) is 11.3 Å². The second-order valence-electron chi connectivity index (χ2n) is 9.34. The van der Waals surface area contributed by atoms with Gasteiger partial charge in [0, 0.05) is 37.9 Å². The number of carbonyl (C=O) groups excluding carboxylic acids is 1. The average molecular weight is 443 g/mol. The number of nitrogens with one attached hydrogen (secondary N) is 1. The fourth-order valence-electron chi connectivity index (χ4n) is 4.88. The van der Waals surface area contributed by atoms with Gasteiger partial charge in [0.25, 0.3) is 11.5 Å². The van der Waals surface area contributed by atoms with E-state index in [0.717, 1.165) is 32.2 Å². The van der Waals surface area contributed by atoms with Gasteiger partial charge < -0.3 is 15.2 Å². The number of ether oxygens (including phenoxy) is 1. The van der Waals surface area contributed by atoms with E-state index in [1.165, 1.54) is 4.57 Å². The molecule has 1 saturated carbocycles. The second kappa shape index (κ2) is 9.58. The Kier molecular flexibility index (Phi) is 6.81. The molecule has 0 unspecified atom stereocenters. The number of hydrogen-bond acceptors (Lipinski definition) is 6. The van der Waals surface area contributed by atoms with Crippen molar-refractivity contribution < 1.29 is 14.6 Å². The monoisotopic (exact) mass is 442 g/mol. The van der Waals surface area contributed by atoms with E-state index in [-0.39, 0.29) is 29.5 Å². The lowest BCUT2D eigenvalue weighted by atomic mass is 9.87. The Morgan fingerprint density at radius 2 is 1.97 bits per heavy atom. The molecule has 0 radical (unpaired) electrons. The van der Waals surface area contributed by atoms with Crippen LogP contribution in [0.25, 0.3) is 11.0 Å². The highest BCUT2D eigenvalue weighted by atomic mass is 16.5. The number of amides is 1.